The van der Waals surface area contributed by atoms with E-state index in [2.05, 4.69) is 40.4 Å². The quantitative estimate of drug-likeness (QED) is 0.764. The first kappa shape index (κ1) is 13.7. The number of hydrogen-bond donors (Lipinski definition) is 1. The van der Waals surface area contributed by atoms with Gasteiger partial charge in [0.1, 0.15) is 6.33 Å². The number of nitrogens with one attached hydrogen (secondary N) is 1. The Labute approximate surface area is 113 Å². The summed E-state index contributed by atoms with van der Waals surface area (Å²) in [5.41, 5.74) is 1.08. The summed E-state index contributed by atoms with van der Waals surface area (Å²) in [6.07, 6.45) is 5.71. The molecule has 0 aliphatic heterocycles. The van der Waals surface area contributed by atoms with Crippen LogP contribution in [0.3, 0.4) is 0 Å². The zero-order valence-corrected chi connectivity index (χ0v) is 11.9. The van der Waals surface area contributed by atoms with Gasteiger partial charge in [-0.05, 0) is 19.4 Å². The molecule has 1 N–H and O–H groups in total. The highest BCUT2D eigenvalue weighted by molar-refractivity contribution is 4.99. The minimum absolute atomic E-state index is 0.464. The molecule has 2 aromatic rings. The van der Waals surface area contributed by atoms with Gasteiger partial charge in [0.05, 0.1) is 5.69 Å². The van der Waals surface area contributed by atoms with Crippen molar-refractivity contribution in [2.75, 3.05) is 6.54 Å². The lowest BCUT2D eigenvalue weighted by Gasteiger charge is -2.08. The van der Waals surface area contributed by atoms with Gasteiger partial charge in [0.2, 0.25) is 0 Å². The van der Waals surface area contributed by atoms with E-state index in [1.54, 1.807) is 11.0 Å². The summed E-state index contributed by atoms with van der Waals surface area (Å²) in [6, 6.07) is 2.53. The van der Waals surface area contributed by atoms with Gasteiger partial charge in [-0.25, -0.2) is 4.98 Å². The summed E-state index contributed by atoms with van der Waals surface area (Å²) in [5.74, 6) is 0.875. The molecule has 0 aliphatic rings. The molecule has 19 heavy (non-hydrogen) atoms. The van der Waals surface area contributed by atoms with E-state index in [-0.39, 0.29) is 0 Å². The molecule has 0 amide bonds. The van der Waals surface area contributed by atoms with E-state index in [0.29, 0.717) is 6.04 Å². The van der Waals surface area contributed by atoms with Crippen LogP contribution < -0.4 is 5.32 Å². The van der Waals surface area contributed by atoms with Crippen LogP contribution in [0, 0.1) is 0 Å². The molecule has 2 rings (SSSR count). The molecule has 0 aliphatic carbocycles. The van der Waals surface area contributed by atoms with Crippen molar-refractivity contribution in [3.63, 3.8) is 0 Å². The molecule has 2 aromatic heterocycles. The third-order valence-electron chi connectivity index (χ3n) is 3.18. The molecule has 0 saturated heterocycles. The minimum atomic E-state index is 0.464. The normalized spacial score (nSPS) is 12.8. The lowest BCUT2D eigenvalue weighted by atomic mass is 10.3. The maximum Gasteiger partial charge on any atom is 0.151 e. The van der Waals surface area contributed by atoms with Crippen molar-refractivity contribution in [1.82, 2.24) is 29.9 Å². The Hall–Kier alpha value is -1.69. The Morgan fingerprint density at radius 1 is 1.37 bits per heavy atom. The number of nitrogens with zero attached hydrogens (tertiary/aromatic N) is 5. The monoisotopic (exact) mass is 262 g/mol. The molecule has 0 aromatic carbocycles. The summed E-state index contributed by atoms with van der Waals surface area (Å²) >= 11 is 0. The number of aryl methyl sites for hydroxylation is 1. The van der Waals surface area contributed by atoms with Crippen LogP contribution in [-0.4, -0.2) is 31.1 Å². The second kappa shape index (κ2) is 6.47. The fraction of sp³-hybridized carbons (Fsp3) is 0.615. The Balaban J connectivity index is 1.72. The van der Waals surface area contributed by atoms with Gasteiger partial charge in [-0.15, -0.1) is 0 Å². The van der Waals surface area contributed by atoms with Crippen molar-refractivity contribution in [2.45, 2.75) is 39.3 Å². The fourth-order valence-electron chi connectivity index (χ4n) is 1.82. The topological polar surface area (TPSA) is 60.6 Å². The van der Waals surface area contributed by atoms with Crippen LogP contribution in [0.1, 0.15) is 37.8 Å². The number of aromatic nitrogens is 5. The van der Waals surface area contributed by atoms with Crippen molar-refractivity contribution in [3.8, 4) is 0 Å². The summed E-state index contributed by atoms with van der Waals surface area (Å²) in [5, 5.41) is 12.2. The van der Waals surface area contributed by atoms with E-state index in [4.69, 9.17) is 0 Å². The van der Waals surface area contributed by atoms with Crippen LogP contribution in [0.15, 0.2) is 18.6 Å². The van der Waals surface area contributed by atoms with E-state index in [1.807, 2.05) is 17.9 Å². The standard InChI is InChI=1S/C13H22N6/c1-4-11(2)19-8-6-12(16-19)9-14-7-5-13-15-10-18(3)17-13/h6,8,10-11,14H,4-5,7,9H2,1-3H3. The molecule has 0 bridgehead atoms. The highest BCUT2D eigenvalue weighted by Crippen LogP contribution is 2.08. The van der Waals surface area contributed by atoms with Gasteiger partial charge in [0, 0.05) is 38.8 Å². The van der Waals surface area contributed by atoms with Crippen molar-refractivity contribution >= 4 is 0 Å². The Morgan fingerprint density at radius 3 is 2.89 bits per heavy atom. The Morgan fingerprint density at radius 2 is 2.21 bits per heavy atom. The average Bonchev–Trinajstić information content (AvgIpc) is 3.03. The predicted octanol–water partition coefficient (Wildman–Crippen LogP) is 1.31. The number of hydrogen-bond acceptors (Lipinski definition) is 4. The SMILES string of the molecule is CCC(C)n1ccc(CNCCc2ncn(C)n2)n1. The van der Waals surface area contributed by atoms with Gasteiger partial charge >= 0.3 is 0 Å². The lowest BCUT2D eigenvalue weighted by Crippen LogP contribution is -2.18. The van der Waals surface area contributed by atoms with E-state index in [9.17, 15) is 0 Å². The van der Waals surface area contributed by atoms with Crippen LogP contribution in [0.5, 0.6) is 0 Å². The molecule has 1 unspecified atom stereocenters. The van der Waals surface area contributed by atoms with Gasteiger partial charge in [-0.2, -0.15) is 10.2 Å². The molecule has 0 radical (unpaired) electrons. The maximum atomic E-state index is 4.55. The van der Waals surface area contributed by atoms with Crippen molar-refractivity contribution in [3.05, 3.63) is 30.1 Å². The minimum Gasteiger partial charge on any atom is -0.311 e. The van der Waals surface area contributed by atoms with E-state index in [0.717, 1.165) is 37.4 Å². The highest BCUT2D eigenvalue weighted by atomic mass is 15.3. The molecule has 0 saturated carbocycles. The molecule has 0 fully saturated rings. The zero-order valence-electron chi connectivity index (χ0n) is 11.9. The smallest absolute Gasteiger partial charge is 0.151 e. The molecule has 0 spiro atoms. The third kappa shape index (κ3) is 3.89. The molecule has 2 heterocycles. The predicted molar refractivity (Wildman–Crippen MR) is 73.6 cm³/mol. The molecular weight excluding hydrogens is 240 g/mol. The van der Waals surface area contributed by atoms with Gasteiger partial charge in [-0.3, -0.25) is 9.36 Å². The van der Waals surface area contributed by atoms with Gasteiger partial charge in [0.25, 0.3) is 0 Å². The molecular formula is C13H22N6. The Kier molecular flexibility index (Phi) is 4.68. The molecule has 104 valence electrons. The first-order valence-electron chi connectivity index (χ1n) is 6.78. The first-order valence-corrected chi connectivity index (χ1v) is 6.78. The van der Waals surface area contributed by atoms with Crippen LogP contribution in [-0.2, 0) is 20.0 Å². The molecule has 1 atom stereocenters. The maximum absolute atomic E-state index is 4.55. The Bertz CT molecular complexity index is 501. The van der Waals surface area contributed by atoms with Gasteiger partial charge in [-0.1, -0.05) is 6.92 Å². The van der Waals surface area contributed by atoms with Crippen molar-refractivity contribution < 1.29 is 0 Å². The zero-order chi connectivity index (χ0) is 13.7. The van der Waals surface area contributed by atoms with Crippen LogP contribution in [0.4, 0.5) is 0 Å². The van der Waals surface area contributed by atoms with Crippen LogP contribution in [0.25, 0.3) is 0 Å². The lowest BCUT2D eigenvalue weighted by molar-refractivity contribution is 0.471. The average molecular weight is 262 g/mol. The first-order chi connectivity index (χ1) is 9.19. The van der Waals surface area contributed by atoms with E-state index in [1.165, 1.54) is 0 Å². The van der Waals surface area contributed by atoms with Crippen LogP contribution in [0.2, 0.25) is 0 Å². The summed E-state index contributed by atoms with van der Waals surface area (Å²) in [6.45, 7) is 6.00. The fourth-order valence-corrected chi connectivity index (χ4v) is 1.82. The van der Waals surface area contributed by atoms with Crippen molar-refractivity contribution in [1.29, 1.82) is 0 Å². The third-order valence-corrected chi connectivity index (χ3v) is 3.18. The van der Waals surface area contributed by atoms with E-state index >= 15 is 0 Å². The second-order valence-electron chi connectivity index (χ2n) is 4.81. The van der Waals surface area contributed by atoms with Crippen molar-refractivity contribution in [2.24, 2.45) is 7.05 Å². The van der Waals surface area contributed by atoms with Gasteiger partial charge < -0.3 is 5.32 Å². The van der Waals surface area contributed by atoms with Crippen LogP contribution >= 0.6 is 0 Å². The van der Waals surface area contributed by atoms with E-state index < -0.39 is 0 Å². The molecule has 6 nitrogen and oxygen atoms in total. The summed E-state index contributed by atoms with van der Waals surface area (Å²) in [4.78, 5) is 4.19. The summed E-state index contributed by atoms with van der Waals surface area (Å²) in [7, 11) is 1.88. The molecule has 6 heteroatoms. The van der Waals surface area contributed by atoms with Gasteiger partial charge in [0.15, 0.2) is 5.82 Å². The number of rotatable bonds is 7. The largest absolute Gasteiger partial charge is 0.311 e. The highest BCUT2D eigenvalue weighted by Gasteiger charge is 2.04. The summed E-state index contributed by atoms with van der Waals surface area (Å²) < 4.78 is 3.75. The second-order valence-corrected chi connectivity index (χ2v) is 4.81.